The second-order valence-electron chi connectivity index (χ2n) is 3.87. The van der Waals surface area contributed by atoms with Crippen molar-refractivity contribution in [1.29, 1.82) is 0 Å². The van der Waals surface area contributed by atoms with Gasteiger partial charge < -0.3 is 4.40 Å². The summed E-state index contributed by atoms with van der Waals surface area (Å²) in [6.07, 6.45) is 3.85. The van der Waals surface area contributed by atoms with E-state index in [0.29, 0.717) is 4.47 Å². The van der Waals surface area contributed by atoms with Gasteiger partial charge in [-0.3, -0.25) is 0 Å². The number of imidazole rings is 1. The molecule has 2 aromatic heterocycles. The normalized spacial score (nSPS) is 11.1. The minimum absolute atomic E-state index is 0.273. The monoisotopic (exact) mass is 368 g/mol. The summed E-state index contributed by atoms with van der Waals surface area (Å²) in [7, 11) is 0. The second-order valence-corrected chi connectivity index (χ2v) is 5.64. The van der Waals surface area contributed by atoms with Crippen LogP contribution >= 0.6 is 31.9 Å². The first-order valence-corrected chi connectivity index (χ1v) is 6.82. The first-order valence-electron chi connectivity index (χ1n) is 5.23. The number of benzene rings is 1. The van der Waals surface area contributed by atoms with Gasteiger partial charge in [0.15, 0.2) is 0 Å². The number of fused-ring (bicyclic) bond motifs is 1. The summed E-state index contributed by atoms with van der Waals surface area (Å²) in [4.78, 5) is 4.49. The summed E-state index contributed by atoms with van der Waals surface area (Å²) in [5, 5.41) is 0. The SMILES string of the molecule is Fc1ccc(-c2cn3cc(Br)ccc3n2)cc1Br. The van der Waals surface area contributed by atoms with Crippen molar-refractivity contribution in [2.75, 3.05) is 0 Å². The Kier molecular flexibility index (Phi) is 2.95. The summed E-state index contributed by atoms with van der Waals surface area (Å²) >= 11 is 6.60. The predicted octanol–water partition coefficient (Wildman–Crippen LogP) is 4.67. The maximum Gasteiger partial charge on any atom is 0.137 e. The van der Waals surface area contributed by atoms with E-state index in [4.69, 9.17) is 0 Å². The van der Waals surface area contributed by atoms with Crippen molar-refractivity contribution in [3.05, 3.63) is 57.5 Å². The lowest BCUT2D eigenvalue weighted by Crippen LogP contribution is -1.81. The lowest BCUT2D eigenvalue weighted by Gasteiger charge is -1.98. The zero-order valence-corrected chi connectivity index (χ0v) is 12.2. The van der Waals surface area contributed by atoms with Crippen LogP contribution in [0.3, 0.4) is 0 Å². The van der Waals surface area contributed by atoms with Crippen LogP contribution in [0.25, 0.3) is 16.9 Å². The van der Waals surface area contributed by atoms with Gasteiger partial charge >= 0.3 is 0 Å². The fourth-order valence-electron chi connectivity index (χ4n) is 1.76. The van der Waals surface area contributed by atoms with Crippen LogP contribution < -0.4 is 0 Å². The van der Waals surface area contributed by atoms with Crippen molar-refractivity contribution in [1.82, 2.24) is 9.38 Å². The molecule has 0 saturated carbocycles. The molecule has 0 fully saturated rings. The van der Waals surface area contributed by atoms with Gasteiger partial charge in [0.1, 0.15) is 11.5 Å². The Morgan fingerprint density at radius 2 is 1.89 bits per heavy atom. The van der Waals surface area contributed by atoms with Crippen molar-refractivity contribution < 1.29 is 4.39 Å². The second kappa shape index (κ2) is 4.48. The van der Waals surface area contributed by atoms with Crippen LogP contribution in [-0.2, 0) is 0 Å². The molecule has 0 bridgehead atoms. The number of aromatic nitrogens is 2. The quantitative estimate of drug-likeness (QED) is 0.609. The molecule has 0 aliphatic rings. The third-order valence-electron chi connectivity index (χ3n) is 2.63. The van der Waals surface area contributed by atoms with Crippen molar-refractivity contribution in [3.8, 4) is 11.3 Å². The number of rotatable bonds is 1. The van der Waals surface area contributed by atoms with Crippen LogP contribution in [0, 0.1) is 5.82 Å². The Balaban J connectivity index is 2.16. The minimum atomic E-state index is -0.273. The molecular formula is C13H7Br2FN2. The molecule has 0 aliphatic heterocycles. The zero-order chi connectivity index (χ0) is 12.7. The third-order valence-corrected chi connectivity index (χ3v) is 3.71. The van der Waals surface area contributed by atoms with Gasteiger partial charge in [0.25, 0.3) is 0 Å². The first-order chi connectivity index (χ1) is 8.63. The summed E-state index contributed by atoms with van der Waals surface area (Å²) in [5.41, 5.74) is 2.55. The number of hydrogen-bond donors (Lipinski definition) is 0. The van der Waals surface area contributed by atoms with Crippen LogP contribution in [-0.4, -0.2) is 9.38 Å². The van der Waals surface area contributed by atoms with E-state index in [0.717, 1.165) is 21.4 Å². The zero-order valence-electron chi connectivity index (χ0n) is 9.07. The van der Waals surface area contributed by atoms with Gasteiger partial charge in [-0.05, 0) is 62.2 Å². The van der Waals surface area contributed by atoms with Gasteiger partial charge in [-0.2, -0.15) is 0 Å². The van der Waals surface area contributed by atoms with E-state index < -0.39 is 0 Å². The van der Waals surface area contributed by atoms with E-state index in [1.807, 2.05) is 28.9 Å². The lowest BCUT2D eigenvalue weighted by atomic mass is 10.2. The van der Waals surface area contributed by atoms with Gasteiger partial charge in [-0.25, -0.2) is 9.37 Å². The molecule has 0 atom stereocenters. The third kappa shape index (κ3) is 2.08. The number of halogens is 3. The van der Waals surface area contributed by atoms with E-state index in [1.54, 1.807) is 12.1 Å². The van der Waals surface area contributed by atoms with Crippen LogP contribution in [0.15, 0.2) is 51.7 Å². The van der Waals surface area contributed by atoms with Crippen molar-refractivity contribution in [2.45, 2.75) is 0 Å². The Labute approximate surface area is 120 Å². The van der Waals surface area contributed by atoms with Gasteiger partial charge in [-0.1, -0.05) is 0 Å². The van der Waals surface area contributed by atoms with Crippen LogP contribution in [0.4, 0.5) is 4.39 Å². The number of hydrogen-bond acceptors (Lipinski definition) is 1. The van der Waals surface area contributed by atoms with Crippen LogP contribution in [0.2, 0.25) is 0 Å². The van der Waals surface area contributed by atoms with Gasteiger partial charge in [-0.15, -0.1) is 0 Å². The molecule has 0 aliphatic carbocycles. The number of nitrogens with zero attached hydrogens (tertiary/aromatic N) is 2. The molecule has 5 heteroatoms. The summed E-state index contributed by atoms with van der Waals surface area (Å²) < 4.78 is 16.5. The van der Waals surface area contributed by atoms with Crippen molar-refractivity contribution in [3.63, 3.8) is 0 Å². The largest absolute Gasteiger partial charge is 0.305 e. The molecular weight excluding hydrogens is 363 g/mol. The molecule has 90 valence electrons. The minimum Gasteiger partial charge on any atom is -0.305 e. The first kappa shape index (κ1) is 11.9. The number of pyridine rings is 1. The molecule has 0 amide bonds. The molecule has 3 aromatic rings. The fourth-order valence-corrected chi connectivity index (χ4v) is 2.49. The maximum atomic E-state index is 13.2. The molecule has 0 saturated heterocycles. The summed E-state index contributed by atoms with van der Waals surface area (Å²) in [6.45, 7) is 0. The molecule has 3 rings (SSSR count). The standard InChI is InChI=1S/C13H7Br2FN2/c14-9-2-4-13-17-12(7-18(13)6-9)8-1-3-11(16)10(15)5-8/h1-7H. The van der Waals surface area contributed by atoms with E-state index >= 15 is 0 Å². The molecule has 0 N–H and O–H groups in total. The van der Waals surface area contributed by atoms with E-state index in [9.17, 15) is 4.39 Å². The highest BCUT2D eigenvalue weighted by molar-refractivity contribution is 9.10. The van der Waals surface area contributed by atoms with E-state index in [2.05, 4.69) is 36.8 Å². The summed E-state index contributed by atoms with van der Waals surface area (Å²) in [6, 6.07) is 8.74. The smallest absolute Gasteiger partial charge is 0.137 e. The predicted molar refractivity (Wildman–Crippen MR) is 76.0 cm³/mol. The Morgan fingerprint density at radius 1 is 1.06 bits per heavy atom. The van der Waals surface area contributed by atoms with Crippen LogP contribution in [0.1, 0.15) is 0 Å². The molecule has 2 nitrogen and oxygen atoms in total. The van der Waals surface area contributed by atoms with Gasteiger partial charge in [0, 0.05) is 22.4 Å². The molecule has 1 aromatic carbocycles. The highest BCUT2D eigenvalue weighted by atomic mass is 79.9. The molecule has 18 heavy (non-hydrogen) atoms. The van der Waals surface area contributed by atoms with E-state index in [1.165, 1.54) is 6.07 Å². The fraction of sp³-hybridized carbons (Fsp3) is 0. The van der Waals surface area contributed by atoms with Crippen molar-refractivity contribution >= 4 is 37.5 Å². The van der Waals surface area contributed by atoms with E-state index in [-0.39, 0.29) is 5.82 Å². The Hall–Kier alpha value is -1.20. The maximum absolute atomic E-state index is 13.2. The topological polar surface area (TPSA) is 17.3 Å². The molecule has 0 unspecified atom stereocenters. The average molecular weight is 370 g/mol. The molecule has 0 radical (unpaired) electrons. The van der Waals surface area contributed by atoms with Gasteiger partial charge in [0.05, 0.1) is 10.2 Å². The molecule has 2 heterocycles. The van der Waals surface area contributed by atoms with Crippen molar-refractivity contribution in [2.24, 2.45) is 0 Å². The van der Waals surface area contributed by atoms with Crippen LogP contribution in [0.5, 0.6) is 0 Å². The average Bonchev–Trinajstić information content (AvgIpc) is 2.75. The summed E-state index contributed by atoms with van der Waals surface area (Å²) in [5.74, 6) is -0.273. The lowest BCUT2D eigenvalue weighted by molar-refractivity contribution is 0.621. The highest BCUT2D eigenvalue weighted by Gasteiger charge is 2.07. The highest BCUT2D eigenvalue weighted by Crippen LogP contribution is 2.25. The Bertz CT molecular complexity index is 737. The molecule has 0 spiro atoms. The Morgan fingerprint density at radius 3 is 2.67 bits per heavy atom. The van der Waals surface area contributed by atoms with Gasteiger partial charge in [0.2, 0.25) is 0 Å².